The number of allylic oxidation sites excluding steroid dienone is 4. The molecule has 22 heavy (non-hydrogen) atoms. The van der Waals surface area contributed by atoms with Gasteiger partial charge in [0, 0.05) is 0 Å². The van der Waals surface area contributed by atoms with Crippen molar-refractivity contribution in [1.82, 2.24) is 0 Å². The van der Waals surface area contributed by atoms with Crippen molar-refractivity contribution >= 4 is 29.2 Å². The molecule has 0 aliphatic rings. The van der Waals surface area contributed by atoms with Gasteiger partial charge in [0.15, 0.2) is 0 Å². The minimum Gasteiger partial charge on any atom is -0.0729 e. The number of rotatable bonds is 7. The molecule has 0 saturated heterocycles. The highest BCUT2D eigenvalue weighted by Crippen LogP contribution is 2.33. The fourth-order valence-corrected chi connectivity index (χ4v) is 7.31. The molecule has 0 aliphatic carbocycles. The van der Waals surface area contributed by atoms with Crippen molar-refractivity contribution in [3.63, 3.8) is 0 Å². The molecule has 0 heterocycles. The van der Waals surface area contributed by atoms with Gasteiger partial charge in [0.25, 0.3) is 0 Å². The third-order valence-electron chi connectivity index (χ3n) is 4.68. The third-order valence-corrected chi connectivity index (χ3v) is 9.66. The van der Waals surface area contributed by atoms with E-state index in [1.807, 2.05) is 0 Å². The van der Waals surface area contributed by atoms with E-state index >= 15 is 0 Å². The van der Waals surface area contributed by atoms with Crippen LogP contribution in [0.4, 0.5) is 0 Å². The van der Waals surface area contributed by atoms with Crippen molar-refractivity contribution in [2.75, 3.05) is 0 Å². The molecule has 1 rings (SSSR count). The first-order valence-corrected chi connectivity index (χ1v) is 12.4. The lowest BCUT2D eigenvalue weighted by Gasteiger charge is -2.30. The summed E-state index contributed by atoms with van der Waals surface area (Å²) in [5.74, 6) is 0. The van der Waals surface area contributed by atoms with Crippen molar-refractivity contribution in [3.8, 4) is 0 Å². The summed E-state index contributed by atoms with van der Waals surface area (Å²) in [6.45, 7) is 14.2. The van der Waals surface area contributed by atoms with Crippen molar-refractivity contribution in [3.05, 3.63) is 51.2 Å². The quantitative estimate of drug-likeness (QED) is 0.364. The molecular formula is C20H31BrSi. The van der Waals surface area contributed by atoms with Crippen LogP contribution in [0.2, 0.25) is 13.1 Å². The molecule has 0 saturated carbocycles. The predicted octanol–water partition coefficient (Wildman–Crippen LogP) is 6.73. The fraction of sp³-hybridized carbons (Fsp3) is 0.500. The zero-order valence-electron chi connectivity index (χ0n) is 15.1. The van der Waals surface area contributed by atoms with E-state index in [0.29, 0.717) is 0 Å². The second kappa shape index (κ2) is 8.88. The second-order valence-corrected chi connectivity index (χ2v) is 11.6. The highest BCUT2D eigenvalue weighted by atomic mass is 79.9. The van der Waals surface area contributed by atoms with Gasteiger partial charge in [0.1, 0.15) is 8.07 Å². The van der Waals surface area contributed by atoms with E-state index in [4.69, 9.17) is 0 Å². The van der Waals surface area contributed by atoms with E-state index in [1.165, 1.54) is 4.48 Å². The van der Waals surface area contributed by atoms with Crippen LogP contribution in [0, 0.1) is 0 Å². The molecule has 1 aromatic carbocycles. The van der Waals surface area contributed by atoms with Gasteiger partial charge in [-0.3, -0.25) is 0 Å². The monoisotopic (exact) mass is 378 g/mol. The molecule has 0 unspecified atom stereocenters. The van der Waals surface area contributed by atoms with Crippen LogP contribution < -0.4 is 5.19 Å². The van der Waals surface area contributed by atoms with Gasteiger partial charge in [-0.05, 0) is 41.3 Å². The molecule has 0 nitrogen and oxygen atoms in total. The van der Waals surface area contributed by atoms with Gasteiger partial charge in [-0.15, -0.1) is 0 Å². The lowest BCUT2D eigenvalue weighted by molar-refractivity contribution is 0.967. The summed E-state index contributed by atoms with van der Waals surface area (Å²) < 4.78 is 1.38. The lowest BCUT2D eigenvalue weighted by Crippen LogP contribution is -2.44. The second-order valence-electron chi connectivity index (χ2n) is 6.25. The summed E-state index contributed by atoms with van der Waals surface area (Å²) in [5, 5.41) is 3.25. The van der Waals surface area contributed by atoms with Crippen molar-refractivity contribution in [1.29, 1.82) is 0 Å². The van der Waals surface area contributed by atoms with Crippen molar-refractivity contribution < 1.29 is 0 Å². The summed E-state index contributed by atoms with van der Waals surface area (Å²) in [6, 6.07) is 11.1. The molecule has 2 heteroatoms. The van der Waals surface area contributed by atoms with Crippen LogP contribution in [-0.4, -0.2) is 8.07 Å². The van der Waals surface area contributed by atoms with Crippen LogP contribution >= 0.6 is 15.9 Å². The average molecular weight is 379 g/mol. The van der Waals surface area contributed by atoms with Crippen molar-refractivity contribution in [2.45, 2.75) is 66.5 Å². The van der Waals surface area contributed by atoms with Gasteiger partial charge in [0.2, 0.25) is 0 Å². The lowest BCUT2D eigenvalue weighted by atomic mass is 9.99. The molecule has 0 fully saturated rings. The minimum atomic E-state index is -1.61. The smallest absolute Gasteiger partial charge is 0.0729 e. The van der Waals surface area contributed by atoms with E-state index in [9.17, 15) is 0 Å². The van der Waals surface area contributed by atoms with Gasteiger partial charge in [-0.2, -0.15) is 0 Å². The van der Waals surface area contributed by atoms with Crippen LogP contribution in [0.1, 0.15) is 53.4 Å². The largest absolute Gasteiger partial charge is 0.107 e. The summed E-state index contributed by atoms with van der Waals surface area (Å²) in [5.41, 5.74) is 3.15. The SMILES string of the molecule is CC/C(Br)=C(CC)/C(CC)=C(\CC)[Si](C)(C)c1ccccc1. The Morgan fingerprint density at radius 2 is 1.36 bits per heavy atom. The van der Waals surface area contributed by atoms with Crippen LogP contribution in [0.15, 0.2) is 51.2 Å². The maximum Gasteiger partial charge on any atom is 0.107 e. The topological polar surface area (TPSA) is 0 Å². The standard InChI is InChI=1S/C20H31BrSi/c1-7-17(19(21)9-3)18(8-2)20(10-4)22(5,6)16-14-12-11-13-15-16/h11-15H,7-10H2,1-6H3/b19-17-,20-18+. The summed E-state index contributed by atoms with van der Waals surface area (Å²) in [4.78, 5) is 0. The molecule has 122 valence electrons. The maximum atomic E-state index is 3.83. The molecule has 0 amide bonds. The highest BCUT2D eigenvalue weighted by Gasteiger charge is 2.30. The molecule has 0 N–H and O–H groups in total. The first-order valence-electron chi connectivity index (χ1n) is 8.59. The number of halogens is 1. The first-order chi connectivity index (χ1) is 10.4. The van der Waals surface area contributed by atoms with Gasteiger partial charge >= 0.3 is 0 Å². The predicted molar refractivity (Wildman–Crippen MR) is 108 cm³/mol. The first kappa shape index (κ1) is 19.4. The van der Waals surface area contributed by atoms with E-state index in [-0.39, 0.29) is 0 Å². The summed E-state index contributed by atoms with van der Waals surface area (Å²) in [6.07, 6.45) is 4.48. The molecule has 0 spiro atoms. The van der Waals surface area contributed by atoms with Crippen LogP contribution in [-0.2, 0) is 0 Å². The van der Waals surface area contributed by atoms with Gasteiger partial charge in [0.05, 0.1) is 0 Å². The Labute approximate surface area is 146 Å². The van der Waals surface area contributed by atoms with E-state index in [2.05, 4.69) is 87.1 Å². The van der Waals surface area contributed by atoms with E-state index in [0.717, 1.165) is 25.7 Å². The van der Waals surface area contributed by atoms with Crippen molar-refractivity contribution in [2.24, 2.45) is 0 Å². The average Bonchev–Trinajstić information content (AvgIpc) is 2.54. The molecule has 0 radical (unpaired) electrons. The maximum absolute atomic E-state index is 3.83. The molecular weight excluding hydrogens is 348 g/mol. The normalized spacial score (nSPS) is 14.5. The van der Waals surface area contributed by atoms with Crippen LogP contribution in [0.25, 0.3) is 0 Å². The molecule has 0 aliphatic heterocycles. The Morgan fingerprint density at radius 1 is 0.818 bits per heavy atom. The Morgan fingerprint density at radius 3 is 1.77 bits per heavy atom. The number of hydrogen-bond donors (Lipinski definition) is 0. The number of hydrogen-bond acceptors (Lipinski definition) is 0. The van der Waals surface area contributed by atoms with Crippen LogP contribution in [0.3, 0.4) is 0 Å². The van der Waals surface area contributed by atoms with E-state index in [1.54, 1.807) is 21.5 Å². The highest BCUT2D eigenvalue weighted by molar-refractivity contribution is 9.11. The Balaban J connectivity index is 3.54. The molecule has 0 aromatic heterocycles. The molecule has 1 aromatic rings. The van der Waals surface area contributed by atoms with Gasteiger partial charge in [-0.1, -0.05) is 97.4 Å². The fourth-order valence-electron chi connectivity index (χ4n) is 3.45. The molecule has 0 bridgehead atoms. The van der Waals surface area contributed by atoms with Gasteiger partial charge in [-0.25, -0.2) is 0 Å². The zero-order valence-corrected chi connectivity index (χ0v) is 17.7. The summed E-state index contributed by atoms with van der Waals surface area (Å²) >= 11 is 3.83. The number of benzene rings is 1. The Bertz CT molecular complexity index is 538. The third kappa shape index (κ3) is 4.23. The molecule has 0 atom stereocenters. The van der Waals surface area contributed by atoms with E-state index < -0.39 is 8.07 Å². The van der Waals surface area contributed by atoms with Crippen LogP contribution in [0.5, 0.6) is 0 Å². The Kier molecular flexibility index (Phi) is 7.85. The minimum absolute atomic E-state index is 1.08. The van der Waals surface area contributed by atoms with Gasteiger partial charge < -0.3 is 0 Å². The zero-order chi connectivity index (χ0) is 16.8. The summed E-state index contributed by atoms with van der Waals surface area (Å²) in [7, 11) is -1.61. The Hall–Kier alpha value is -0.603.